The minimum atomic E-state index is -3.69. The number of hydrogen-bond donors (Lipinski definition) is 1. The molecule has 1 amide bonds. The second-order valence-corrected chi connectivity index (χ2v) is 8.04. The first kappa shape index (κ1) is 17.9. The number of nitrogens with zero attached hydrogens (tertiary/aromatic N) is 1. The van der Waals surface area contributed by atoms with Crippen LogP contribution in [-0.4, -0.2) is 31.7 Å². The molecule has 0 saturated carbocycles. The Balaban J connectivity index is 1.84. The molecule has 134 valence electrons. The molecule has 0 radical (unpaired) electrons. The molecule has 2 aromatic rings. The Labute approximate surface area is 149 Å². The summed E-state index contributed by atoms with van der Waals surface area (Å²) in [4.78, 5) is 12.2. The highest BCUT2D eigenvalue weighted by Gasteiger charge is 2.31. The summed E-state index contributed by atoms with van der Waals surface area (Å²) in [5.41, 5.74) is 0.185. The van der Waals surface area contributed by atoms with Crippen molar-refractivity contribution in [1.82, 2.24) is 4.31 Å². The smallest absolute Gasteiger partial charge is 0.291 e. The van der Waals surface area contributed by atoms with Crippen LogP contribution in [0.2, 0.25) is 5.02 Å². The first-order valence-electron chi connectivity index (χ1n) is 7.66. The third-order valence-corrected chi connectivity index (χ3v) is 6.27. The Kier molecular flexibility index (Phi) is 4.86. The van der Waals surface area contributed by atoms with Gasteiger partial charge in [0.2, 0.25) is 10.0 Å². The summed E-state index contributed by atoms with van der Waals surface area (Å²) < 4.78 is 45.3. The molecule has 1 saturated heterocycles. The van der Waals surface area contributed by atoms with Crippen molar-refractivity contribution < 1.29 is 22.0 Å². The number of anilines is 1. The summed E-state index contributed by atoms with van der Waals surface area (Å²) in [6.07, 6.45) is 1.62. The molecule has 25 heavy (non-hydrogen) atoms. The number of benzene rings is 1. The first-order chi connectivity index (χ1) is 11.8. The molecule has 6 nitrogen and oxygen atoms in total. The van der Waals surface area contributed by atoms with Crippen molar-refractivity contribution in [2.24, 2.45) is 0 Å². The summed E-state index contributed by atoms with van der Waals surface area (Å²) >= 11 is 5.59. The van der Waals surface area contributed by atoms with E-state index in [9.17, 15) is 17.6 Å². The summed E-state index contributed by atoms with van der Waals surface area (Å²) in [7, 11) is -3.69. The van der Waals surface area contributed by atoms with Crippen molar-refractivity contribution in [3.63, 3.8) is 0 Å². The second kappa shape index (κ2) is 6.78. The van der Waals surface area contributed by atoms with Crippen molar-refractivity contribution in [2.45, 2.75) is 24.7 Å². The van der Waals surface area contributed by atoms with Crippen molar-refractivity contribution in [1.29, 1.82) is 0 Å². The molecule has 1 aromatic heterocycles. The van der Waals surface area contributed by atoms with E-state index in [1.165, 1.54) is 29.4 Å². The number of carbonyl (C=O) groups is 1. The van der Waals surface area contributed by atoms with Crippen LogP contribution in [0, 0.1) is 12.7 Å². The monoisotopic (exact) mass is 386 g/mol. The number of sulfonamides is 1. The van der Waals surface area contributed by atoms with E-state index in [0.29, 0.717) is 13.1 Å². The molecule has 0 unspecified atom stereocenters. The van der Waals surface area contributed by atoms with Gasteiger partial charge in [-0.3, -0.25) is 4.79 Å². The van der Waals surface area contributed by atoms with Crippen LogP contribution < -0.4 is 5.32 Å². The minimum absolute atomic E-state index is 0.0261. The van der Waals surface area contributed by atoms with Crippen LogP contribution in [0.5, 0.6) is 0 Å². The lowest BCUT2D eigenvalue weighted by atomic mass is 10.3. The minimum Gasteiger partial charge on any atom is -0.455 e. The van der Waals surface area contributed by atoms with Gasteiger partial charge in [0.1, 0.15) is 16.5 Å². The standard InChI is InChI=1S/C16H16ClFN2O4S/c1-10-15(25(22,23)20-6-2-3-7-20)9-14(24-10)16(21)19-11-4-5-12(17)13(18)8-11/h4-5,8-9H,2-3,6-7H2,1H3,(H,19,21). The fourth-order valence-electron chi connectivity index (χ4n) is 2.67. The zero-order valence-electron chi connectivity index (χ0n) is 13.4. The number of rotatable bonds is 4. The van der Waals surface area contributed by atoms with Gasteiger partial charge < -0.3 is 9.73 Å². The highest BCUT2D eigenvalue weighted by molar-refractivity contribution is 7.89. The lowest BCUT2D eigenvalue weighted by Gasteiger charge is -2.14. The van der Waals surface area contributed by atoms with Gasteiger partial charge in [-0.15, -0.1) is 0 Å². The number of carbonyl (C=O) groups excluding carboxylic acids is 1. The van der Waals surface area contributed by atoms with Gasteiger partial charge in [-0.1, -0.05) is 11.6 Å². The molecule has 1 aromatic carbocycles. The highest BCUT2D eigenvalue weighted by atomic mass is 35.5. The summed E-state index contributed by atoms with van der Waals surface area (Å²) in [5.74, 6) is -1.37. The number of amides is 1. The molecule has 1 N–H and O–H groups in total. The zero-order valence-corrected chi connectivity index (χ0v) is 15.0. The lowest BCUT2D eigenvalue weighted by Crippen LogP contribution is -2.28. The molecule has 0 aliphatic carbocycles. The van der Waals surface area contributed by atoms with Gasteiger partial charge in [0.05, 0.1) is 5.02 Å². The van der Waals surface area contributed by atoms with Crippen LogP contribution in [0.4, 0.5) is 10.1 Å². The quantitative estimate of drug-likeness (QED) is 0.873. The van der Waals surface area contributed by atoms with Gasteiger partial charge in [-0.25, -0.2) is 12.8 Å². The Morgan fingerprint density at radius 2 is 1.96 bits per heavy atom. The maximum absolute atomic E-state index is 13.4. The number of nitrogens with one attached hydrogen (secondary N) is 1. The third-order valence-electron chi connectivity index (χ3n) is 3.96. The van der Waals surface area contributed by atoms with Crippen molar-refractivity contribution in [3.8, 4) is 0 Å². The molecule has 0 spiro atoms. The second-order valence-electron chi connectivity index (χ2n) is 5.73. The normalized spacial score (nSPS) is 15.5. The maximum Gasteiger partial charge on any atom is 0.291 e. The van der Waals surface area contributed by atoms with Crippen LogP contribution in [-0.2, 0) is 10.0 Å². The van der Waals surface area contributed by atoms with Gasteiger partial charge in [-0.2, -0.15) is 4.31 Å². The van der Waals surface area contributed by atoms with Crippen molar-refractivity contribution in [2.75, 3.05) is 18.4 Å². The van der Waals surface area contributed by atoms with Crippen LogP contribution in [0.25, 0.3) is 0 Å². The third kappa shape index (κ3) is 3.56. The molecule has 2 heterocycles. The van der Waals surface area contributed by atoms with E-state index < -0.39 is 21.7 Å². The van der Waals surface area contributed by atoms with Crippen LogP contribution >= 0.6 is 11.6 Å². The van der Waals surface area contributed by atoms with E-state index in [1.807, 2.05) is 0 Å². The van der Waals surface area contributed by atoms with E-state index in [-0.39, 0.29) is 27.1 Å². The number of halogens is 2. The van der Waals surface area contributed by atoms with E-state index in [1.54, 1.807) is 0 Å². The van der Waals surface area contributed by atoms with Crippen molar-refractivity contribution in [3.05, 3.63) is 46.6 Å². The first-order valence-corrected chi connectivity index (χ1v) is 9.48. The molecule has 0 atom stereocenters. The van der Waals surface area contributed by atoms with Gasteiger partial charge >= 0.3 is 0 Å². The van der Waals surface area contributed by atoms with E-state index >= 15 is 0 Å². The van der Waals surface area contributed by atoms with Gasteiger partial charge in [0.15, 0.2) is 5.76 Å². The Hall–Kier alpha value is -1.90. The molecule has 9 heteroatoms. The van der Waals surface area contributed by atoms with E-state index in [2.05, 4.69) is 5.32 Å². The molecule has 1 fully saturated rings. The topological polar surface area (TPSA) is 79.6 Å². The Morgan fingerprint density at radius 1 is 1.28 bits per heavy atom. The summed E-state index contributed by atoms with van der Waals surface area (Å²) in [6.45, 7) is 2.40. The fourth-order valence-corrected chi connectivity index (χ4v) is 4.46. The molecule has 0 bridgehead atoms. The predicted octanol–water partition coefficient (Wildman–Crippen LogP) is 3.42. The average molecular weight is 387 g/mol. The summed E-state index contributed by atoms with van der Waals surface area (Å²) in [6, 6.07) is 5.01. The Morgan fingerprint density at radius 3 is 2.60 bits per heavy atom. The highest BCUT2D eigenvalue weighted by Crippen LogP contribution is 2.27. The number of furan rings is 1. The fraction of sp³-hybridized carbons (Fsp3) is 0.312. The van der Waals surface area contributed by atoms with E-state index in [0.717, 1.165) is 18.9 Å². The molecule has 1 aliphatic heterocycles. The molecule has 1 aliphatic rings. The van der Waals surface area contributed by atoms with Crippen LogP contribution in [0.3, 0.4) is 0 Å². The lowest BCUT2D eigenvalue weighted by molar-refractivity contribution is 0.0995. The molecular formula is C16H16ClFN2O4S. The predicted molar refractivity (Wildman–Crippen MR) is 90.8 cm³/mol. The maximum atomic E-state index is 13.4. The van der Waals surface area contributed by atoms with Gasteiger partial charge in [-0.05, 0) is 38.0 Å². The van der Waals surface area contributed by atoms with Crippen LogP contribution in [0.1, 0.15) is 29.2 Å². The summed E-state index contributed by atoms with van der Waals surface area (Å²) in [5, 5.41) is 2.38. The number of hydrogen-bond acceptors (Lipinski definition) is 4. The van der Waals surface area contributed by atoms with Gasteiger partial charge in [0.25, 0.3) is 5.91 Å². The zero-order chi connectivity index (χ0) is 18.2. The van der Waals surface area contributed by atoms with E-state index in [4.69, 9.17) is 16.0 Å². The SMILES string of the molecule is Cc1oc(C(=O)Nc2ccc(Cl)c(F)c2)cc1S(=O)(=O)N1CCCC1. The molecule has 3 rings (SSSR count). The molecular weight excluding hydrogens is 371 g/mol. The largest absolute Gasteiger partial charge is 0.455 e. The average Bonchev–Trinajstić information content (AvgIpc) is 3.21. The van der Waals surface area contributed by atoms with Crippen LogP contribution in [0.15, 0.2) is 33.6 Å². The van der Waals surface area contributed by atoms with Crippen molar-refractivity contribution >= 4 is 33.2 Å². The number of aryl methyl sites for hydroxylation is 1. The Bertz CT molecular complexity index is 920. The van der Waals surface area contributed by atoms with Gasteiger partial charge in [0, 0.05) is 24.8 Å².